The van der Waals surface area contributed by atoms with Crippen molar-refractivity contribution in [3.63, 3.8) is 0 Å². The van der Waals surface area contributed by atoms with Crippen LogP contribution in [0.5, 0.6) is 5.88 Å². The number of para-hydroxylation sites is 1. The minimum atomic E-state index is -0.992. The molecule has 32 heavy (non-hydrogen) atoms. The lowest BCUT2D eigenvalue weighted by Crippen LogP contribution is -2.38. The van der Waals surface area contributed by atoms with E-state index in [4.69, 9.17) is 21.1 Å². The van der Waals surface area contributed by atoms with Gasteiger partial charge in [-0.05, 0) is 32.0 Å². The van der Waals surface area contributed by atoms with Crippen molar-refractivity contribution in [2.24, 2.45) is 0 Å². The van der Waals surface area contributed by atoms with E-state index in [-0.39, 0.29) is 18.6 Å². The van der Waals surface area contributed by atoms with Crippen LogP contribution in [-0.2, 0) is 9.53 Å². The van der Waals surface area contributed by atoms with Crippen molar-refractivity contribution in [2.75, 3.05) is 11.9 Å². The highest BCUT2D eigenvalue weighted by Crippen LogP contribution is 2.27. The summed E-state index contributed by atoms with van der Waals surface area (Å²) in [6.45, 7) is 3.75. The summed E-state index contributed by atoms with van der Waals surface area (Å²) in [5.74, 6) is 0.112. The summed E-state index contributed by atoms with van der Waals surface area (Å²) in [7, 11) is 0. The van der Waals surface area contributed by atoms with Gasteiger partial charge in [-0.2, -0.15) is 5.10 Å². The number of rotatable bonds is 8. The van der Waals surface area contributed by atoms with Crippen molar-refractivity contribution in [3.05, 3.63) is 60.4 Å². The van der Waals surface area contributed by atoms with Gasteiger partial charge in [-0.25, -0.2) is 24.6 Å². The van der Waals surface area contributed by atoms with Gasteiger partial charge < -0.3 is 14.8 Å². The van der Waals surface area contributed by atoms with E-state index < -0.39 is 12.0 Å². The van der Waals surface area contributed by atoms with Gasteiger partial charge >= 0.3 is 0 Å². The first-order valence-electron chi connectivity index (χ1n) is 9.81. The molecule has 3 heterocycles. The zero-order chi connectivity index (χ0) is 22.5. The van der Waals surface area contributed by atoms with E-state index in [2.05, 4.69) is 30.4 Å². The predicted octanol–water partition coefficient (Wildman–Crippen LogP) is 3.07. The topological polar surface area (TPSA) is 117 Å². The minimum Gasteiger partial charge on any atom is -0.461 e. The van der Waals surface area contributed by atoms with Crippen LogP contribution in [0.1, 0.15) is 13.8 Å². The second kappa shape index (κ2) is 9.67. The average molecular weight is 454 g/mol. The SMILES string of the molecule is CC(C)OCC(Oc1ncnc2c1cnn2-c1ccccc1Cl)C(=O)Nc1ccncn1. The Morgan fingerprint density at radius 3 is 2.75 bits per heavy atom. The van der Waals surface area contributed by atoms with Gasteiger partial charge in [0.05, 0.1) is 29.6 Å². The Hall–Kier alpha value is -3.63. The van der Waals surface area contributed by atoms with Gasteiger partial charge in [0.2, 0.25) is 12.0 Å². The molecule has 164 valence electrons. The van der Waals surface area contributed by atoms with E-state index in [1.54, 1.807) is 23.0 Å². The molecule has 10 nitrogen and oxygen atoms in total. The van der Waals surface area contributed by atoms with Crippen molar-refractivity contribution in [3.8, 4) is 11.6 Å². The Labute approximate surface area is 188 Å². The molecule has 4 aromatic rings. The zero-order valence-electron chi connectivity index (χ0n) is 17.3. The quantitative estimate of drug-likeness (QED) is 0.432. The molecule has 0 spiro atoms. The van der Waals surface area contributed by atoms with E-state index in [1.165, 1.54) is 18.9 Å². The molecule has 4 rings (SSSR count). The predicted molar refractivity (Wildman–Crippen MR) is 118 cm³/mol. The number of hydrogen-bond acceptors (Lipinski definition) is 8. The first-order valence-corrected chi connectivity index (χ1v) is 10.2. The van der Waals surface area contributed by atoms with Gasteiger partial charge in [-0.1, -0.05) is 23.7 Å². The normalized spacial score (nSPS) is 12.1. The maximum Gasteiger partial charge on any atom is 0.269 e. The number of carbonyl (C=O) groups excluding carboxylic acids is 1. The lowest BCUT2D eigenvalue weighted by Gasteiger charge is -2.19. The molecule has 1 atom stereocenters. The fourth-order valence-electron chi connectivity index (χ4n) is 2.87. The van der Waals surface area contributed by atoms with E-state index >= 15 is 0 Å². The van der Waals surface area contributed by atoms with Gasteiger partial charge in [-0.15, -0.1) is 0 Å². The number of halogens is 1. The number of amides is 1. The molecule has 0 aliphatic carbocycles. The molecule has 0 aliphatic heterocycles. The lowest BCUT2D eigenvalue weighted by atomic mass is 10.3. The molecule has 11 heteroatoms. The number of ether oxygens (including phenoxy) is 2. The summed E-state index contributed by atoms with van der Waals surface area (Å²) < 4.78 is 13.2. The van der Waals surface area contributed by atoms with Crippen LogP contribution in [0.4, 0.5) is 5.82 Å². The lowest BCUT2D eigenvalue weighted by molar-refractivity contribution is -0.126. The monoisotopic (exact) mass is 453 g/mol. The molecule has 0 bridgehead atoms. The number of benzene rings is 1. The van der Waals surface area contributed by atoms with Crippen molar-refractivity contribution in [1.82, 2.24) is 29.7 Å². The maximum absolute atomic E-state index is 12.9. The largest absolute Gasteiger partial charge is 0.461 e. The Morgan fingerprint density at radius 2 is 2.00 bits per heavy atom. The molecule has 0 aliphatic rings. The van der Waals surface area contributed by atoms with Crippen molar-refractivity contribution < 1.29 is 14.3 Å². The third-order valence-electron chi connectivity index (χ3n) is 4.37. The Balaban J connectivity index is 1.63. The smallest absolute Gasteiger partial charge is 0.269 e. The van der Waals surface area contributed by atoms with Crippen LogP contribution in [-0.4, -0.2) is 54.4 Å². The number of nitrogens with one attached hydrogen (secondary N) is 1. The van der Waals surface area contributed by atoms with Gasteiger partial charge in [0, 0.05) is 6.20 Å². The number of anilines is 1. The second-order valence-electron chi connectivity index (χ2n) is 7.00. The maximum atomic E-state index is 12.9. The molecule has 0 radical (unpaired) electrons. The van der Waals surface area contributed by atoms with Crippen LogP contribution >= 0.6 is 11.6 Å². The van der Waals surface area contributed by atoms with Gasteiger partial charge in [0.25, 0.3) is 5.91 Å². The molecule has 0 saturated carbocycles. The van der Waals surface area contributed by atoms with Gasteiger partial charge in [0.1, 0.15) is 23.9 Å². The highest BCUT2D eigenvalue weighted by atomic mass is 35.5. The van der Waals surface area contributed by atoms with Gasteiger partial charge in [0.15, 0.2) is 5.65 Å². The van der Waals surface area contributed by atoms with Crippen LogP contribution in [0, 0.1) is 0 Å². The Bertz CT molecular complexity index is 1220. The van der Waals surface area contributed by atoms with Crippen molar-refractivity contribution in [2.45, 2.75) is 26.1 Å². The summed E-state index contributed by atoms with van der Waals surface area (Å²) in [5.41, 5.74) is 1.15. The summed E-state index contributed by atoms with van der Waals surface area (Å²) in [4.78, 5) is 29.3. The van der Waals surface area contributed by atoms with Gasteiger partial charge in [-0.3, -0.25) is 4.79 Å². The molecule has 3 aromatic heterocycles. The molecule has 0 saturated heterocycles. The number of carbonyl (C=O) groups is 1. The van der Waals surface area contributed by atoms with Crippen LogP contribution in [0.25, 0.3) is 16.7 Å². The van der Waals surface area contributed by atoms with E-state index in [9.17, 15) is 4.79 Å². The third-order valence-corrected chi connectivity index (χ3v) is 4.69. The van der Waals surface area contributed by atoms with Crippen LogP contribution in [0.2, 0.25) is 5.02 Å². The Kier molecular flexibility index (Phi) is 6.52. The molecule has 1 aromatic carbocycles. The average Bonchev–Trinajstić information content (AvgIpc) is 3.22. The molecule has 1 N–H and O–H groups in total. The Morgan fingerprint density at radius 1 is 1.16 bits per heavy atom. The van der Waals surface area contributed by atoms with Crippen LogP contribution in [0.3, 0.4) is 0 Å². The van der Waals surface area contributed by atoms with Crippen LogP contribution in [0.15, 0.2) is 55.4 Å². The first kappa shape index (κ1) is 21.6. The number of fused-ring (bicyclic) bond motifs is 1. The molecular formula is C21H20ClN7O3. The highest BCUT2D eigenvalue weighted by molar-refractivity contribution is 6.32. The van der Waals surface area contributed by atoms with Crippen LogP contribution < -0.4 is 10.1 Å². The zero-order valence-corrected chi connectivity index (χ0v) is 18.1. The highest BCUT2D eigenvalue weighted by Gasteiger charge is 2.25. The second-order valence-corrected chi connectivity index (χ2v) is 7.40. The molecular weight excluding hydrogens is 434 g/mol. The fourth-order valence-corrected chi connectivity index (χ4v) is 3.08. The van der Waals surface area contributed by atoms with Crippen molar-refractivity contribution in [1.29, 1.82) is 0 Å². The number of hydrogen-bond donors (Lipinski definition) is 1. The summed E-state index contributed by atoms with van der Waals surface area (Å²) in [5, 5.41) is 8.12. The number of aromatic nitrogens is 6. The summed E-state index contributed by atoms with van der Waals surface area (Å²) >= 11 is 6.31. The van der Waals surface area contributed by atoms with Crippen molar-refractivity contribution >= 4 is 34.4 Å². The molecule has 0 fully saturated rings. The van der Waals surface area contributed by atoms with E-state index in [1.807, 2.05) is 32.0 Å². The first-order chi connectivity index (χ1) is 15.5. The van der Waals surface area contributed by atoms with E-state index in [0.717, 1.165) is 0 Å². The third kappa shape index (κ3) is 4.82. The fraction of sp³-hybridized carbons (Fsp3) is 0.238. The molecule has 1 unspecified atom stereocenters. The number of nitrogens with zero attached hydrogens (tertiary/aromatic N) is 6. The standard InChI is InChI=1S/C21H20ClN7O3/c1-13(2)31-10-17(20(30)28-18-7-8-23-11-24-18)32-21-14-9-27-29(19(14)25-12-26-21)16-6-4-3-5-15(16)22/h3-9,11-13,17H,10H2,1-2H3,(H,23,24,28,30). The summed E-state index contributed by atoms with van der Waals surface area (Å²) in [6.07, 6.45) is 4.69. The minimum absolute atomic E-state index is 0.0126. The van der Waals surface area contributed by atoms with E-state index in [0.29, 0.717) is 27.6 Å². The molecule has 1 amide bonds. The summed E-state index contributed by atoms with van der Waals surface area (Å²) in [6, 6.07) is 8.85.